The highest BCUT2D eigenvalue weighted by molar-refractivity contribution is 6.39. The molecular weight excluding hydrogens is 503 g/mol. The van der Waals surface area contributed by atoms with Crippen LogP contribution in [0.1, 0.15) is 22.3 Å². The number of aromatic nitrogens is 2. The maximum atomic E-state index is 12.7. The third kappa shape index (κ3) is 7.27. The predicted octanol–water partition coefficient (Wildman–Crippen LogP) is 4.94. The van der Waals surface area contributed by atoms with Crippen LogP contribution in [0.4, 0.5) is 11.6 Å². The van der Waals surface area contributed by atoms with Gasteiger partial charge in [-0.15, -0.1) is 0 Å². The molecule has 0 fully saturated rings. The number of carbonyl (C=O) groups is 2. The highest BCUT2D eigenvalue weighted by Gasteiger charge is 2.23. The zero-order valence-electron chi connectivity index (χ0n) is 19.9. The molecule has 1 atom stereocenters. The molecule has 0 saturated heterocycles. The third-order valence-electron chi connectivity index (χ3n) is 5.18. The molecule has 3 aromatic rings. The van der Waals surface area contributed by atoms with E-state index < -0.39 is 17.9 Å². The topological polar surface area (TPSA) is 93.7 Å². The summed E-state index contributed by atoms with van der Waals surface area (Å²) in [5.41, 5.74) is 1.92. The Morgan fingerprint density at radius 1 is 1.03 bits per heavy atom. The van der Waals surface area contributed by atoms with Gasteiger partial charge in [-0.2, -0.15) is 0 Å². The van der Waals surface area contributed by atoms with Crippen LogP contribution in [0.2, 0.25) is 10.0 Å². The largest absolute Gasteiger partial charge is 0.467 e. The van der Waals surface area contributed by atoms with Gasteiger partial charge in [0.2, 0.25) is 5.95 Å². The van der Waals surface area contributed by atoms with Crippen molar-refractivity contribution in [1.29, 1.82) is 0 Å². The molecule has 0 aliphatic heterocycles. The van der Waals surface area contributed by atoms with Crippen LogP contribution in [-0.2, 0) is 14.3 Å². The van der Waals surface area contributed by atoms with E-state index in [0.29, 0.717) is 19.1 Å². The molecule has 0 spiro atoms. The molecule has 0 aliphatic rings. The summed E-state index contributed by atoms with van der Waals surface area (Å²) in [5, 5.41) is 3.04. The number of halogens is 2. The Hall–Kier alpha value is -3.46. The Bertz CT molecular complexity index is 1170. The number of ether oxygens (including phenoxy) is 2. The number of rotatable bonds is 11. The first kappa shape index (κ1) is 27.1. The van der Waals surface area contributed by atoms with Crippen molar-refractivity contribution in [1.82, 2.24) is 15.3 Å². The molecule has 0 bridgehead atoms. The van der Waals surface area contributed by atoms with Gasteiger partial charge in [0, 0.05) is 31.7 Å². The summed E-state index contributed by atoms with van der Waals surface area (Å²) in [6.45, 7) is 1.10. The van der Waals surface area contributed by atoms with Gasteiger partial charge in [-0.3, -0.25) is 4.79 Å². The number of nitrogens with zero attached hydrogens (tertiary/aromatic N) is 3. The first-order valence-corrected chi connectivity index (χ1v) is 11.8. The van der Waals surface area contributed by atoms with Gasteiger partial charge in [-0.05, 0) is 42.3 Å². The maximum absolute atomic E-state index is 12.7. The zero-order valence-corrected chi connectivity index (χ0v) is 21.4. The van der Waals surface area contributed by atoms with Crippen molar-refractivity contribution in [2.75, 3.05) is 32.3 Å². The fourth-order valence-corrected chi connectivity index (χ4v) is 3.93. The van der Waals surface area contributed by atoms with Crippen molar-refractivity contribution >= 4 is 52.8 Å². The van der Waals surface area contributed by atoms with Crippen molar-refractivity contribution in [3.63, 3.8) is 0 Å². The first-order chi connectivity index (χ1) is 17.4. The minimum Gasteiger partial charge on any atom is -0.467 e. The van der Waals surface area contributed by atoms with Crippen LogP contribution >= 0.6 is 23.2 Å². The molecule has 1 heterocycles. The summed E-state index contributed by atoms with van der Waals surface area (Å²) >= 11 is 12.2. The van der Waals surface area contributed by atoms with E-state index in [1.54, 1.807) is 49.8 Å². The monoisotopic (exact) mass is 528 g/mol. The second kappa shape index (κ2) is 13.6. The molecule has 0 aliphatic carbocycles. The Morgan fingerprint density at radius 2 is 1.69 bits per heavy atom. The van der Waals surface area contributed by atoms with Crippen LogP contribution in [-0.4, -0.2) is 55.3 Å². The molecule has 0 radical (unpaired) electrons. The summed E-state index contributed by atoms with van der Waals surface area (Å²) in [4.78, 5) is 35.6. The van der Waals surface area contributed by atoms with Crippen LogP contribution < -0.4 is 10.2 Å². The molecule has 0 saturated carbocycles. The van der Waals surface area contributed by atoms with Gasteiger partial charge in [-0.1, -0.05) is 53.6 Å². The number of methoxy groups -OCH3 is 2. The maximum Gasteiger partial charge on any atom is 0.328 e. The Kier molecular flexibility index (Phi) is 10.2. The molecule has 8 nitrogen and oxygen atoms in total. The zero-order chi connectivity index (χ0) is 25.9. The third-order valence-corrected chi connectivity index (χ3v) is 5.81. The standard InChI is InChI=1S/C26H26Cl2N4O4/c1-35-17-16-32(26-29-14-5-15-30-26)19-12-10-18(11-13-19)6-3-9-22(25(34)36-2)31-24(33)23-20(27)7-4-8-21(23)28/h3-8,10-15,22H,9,16-17H2,1-2H3,(H,31,33). The molecule has 10 heteroatoms. The quantitative estimate of drug-likeness (QED) is 0.352. The first-order valence-electron chi connectivity index (χ1n) is 11.1. The van der Waals surface area contributed by atoms with Gasteiger partial charge in [0.05, 0.1) is 29.3 Å². The number of nitrogens with one attached hydrogen (secondary N) is 1. The lowest BCUT2D eigenvalue weighted by Crippen LogP contribution is -2.41. The highest BCUT2D eigenvalue weighted by atomic mass is 35.5. The summed E-state index contributed by atoms with van der Waals surface area (Å²) in [7, 11) is 2.91. The number of benzene rings is 2. The van der Waals surface area contributed by atoms with E-state index in [0.717, 1.165) is 11.3 Å². The van der Waals surface area contributed by atoms with E-state index in [1.165, 1.54) is 7.11 Å². The van der Waals surface area contributed by atoms with Crippen LogP contribution in [0, 0.1) is 0 Å². The highest BCUT2D eigenvalue weighted by Crippen LogP contribution is 2.25. The fraction of sp³-hybridized carbons (Fsp3) is 0.231. The van der Waals surface area contributed by atoms with Crippen molar-refractivity contribution < 1.29 is 19.1 Å². The lowest BCUT2D eigenvalue weighted by atomic mass is 10.1. The van der Waals surface area contributed by atoms with Crippen molar-refractivity contribution in [2.24, 2.45) is 0 Å². The van der Waals surface area contributed by atoms with E-state index in [9.17, 15) is 9.59 Å². The molecule has 1 unspecified atom stereocenters. The number of anilines is 2. The fourth-order valence-electron chi connectivity index (χ4n) is 3.36. The lowest BCUT2D eigenvalue weighted by Gasteiger charge is -2.22. The normalized spacial score (nSPS) is 11.8. The van der Waals surface area contributed by atoms with Crippen molar-refractivity contribution in [3.05, 3.63) is 88.2 Å². The van der Waals surface area contributed by atoms with Crippen LogP contribution in [0.15, 0.2) is 67.0 Å². The molecule has 188 valence electrons. The van der Waals surface area contributed by atoms with Crippen molar-refractivity contribution in [2.45, 2.75) is 12.5 Å². The summed E-state index contributed by atoms with van der Waals surface area (Å²) in [6.07, 6.45) is 7.23. The van der Waals surface area contributed by atoms with E-state index in [-0.39, 0.29) is 22.0 Å². The van der Waals surface area contributed by atoms with Gasteiger partial charge < -0.3 is 19.7 Å². The number of amides is 1. The smallest absolute Gasteiger partial charge is 0.328 e. The van der Waals surface area contributed by atoms with Crippen LogP contribution in [0.25, 0.3) is 6.08 Å². The van der Waals surface area contributed by atoms with Crippen LogP contribution in [0.5, 0.6) is 0 Å². The summed E-state index contributed by atoms with van der Waals surface area (Å²) < 4.78 is 10.1. The molecule has 1 N–H and O–H groups in total. The van der Waals surface area contributed by atoms with E-state index >= 15 is 0 Å². The minimum atomic E-state index is -0.912. The number of hydrogen-bond donors (Lipinski definition) is 1. The molecule has 2 aromatic carbocycles. The number of hydrogen-bond acceptors (Lipinski definition) is 7. The number of carbonyl (C=O) groups excluding carboxylic acids is 2. The van der Waals surface area contributed by atoms with E-state index in [2.05, 4.69) is 15.3 Å². The Balaban J connectivity index is 1.69. The predicted molar refractivity (Wildman–Crippen MR) is 141 cm³/mol. The number of esters is 1. The average molecular weight is 529 g/mol. The molecule has 36 heavy (non-hydrogen) atoms. The Morgan fingerprint density at radius 3 is 2.31 bits per heavy atom. The summed E-state index contributed by atoms with van der Waals surface area (Å²) in [6, 6.07) is 13.4. The van der Waals surface area contributed by atoms with Crippen molar-refractivity contribution in [3.8, 4) is 0 Å². The van der Waals surface area contributed by atoms with Gasteiger partial charge in [0.1, 0.15) is 6.04 Å². The molecule has 1 aromatic heterocycles. The summed E-state index contributed by atoms with van der Waals surface area (Å²) in [5.74, 6) is -0.561. The Labute approximate surface area is 219 Å². The molecule has 1 amide bonds. The minimum absolute atomic E-state index is 0.106. The second-order valence-electron chi connectivity index (χ2n) is 7.57. The SMILES string of the molecule is COCCN(c1ccc(C=CCC(NC(=O)c2c(Cl)cccc2Cl)C(=O)OC)cc1)c1ncccn1. The van der Waals surface area contributed by atoms with Gasteiger partial charge in [0.15, 0.2) is 0 Å². The van der Waals surface area contributed by atoms with Gasteiger partial charge >= 0.3 is 5.97 Å². The lowest BCUT2D eigenvalue weighted by molar-refractivity contribution is -0.142. The van der Waals surface area contributed by atoms with Gasteiger partial charge in [0.25, 0.3) is 5.91 Å². The average Bonchev–Trinajstić information content (AvgIpc) is 2.89. The van der Waals surface area contributed by atoms with Gasteiger partial charge in [-0.25, -0.2) is 14.8 Å². The van der Waals surface area contributed by atoms with Crippen LogP contribution in [0.3, 0.4) is 0 Å². The second-order valence-corrected chi connectivity index (χ2v) is 8.38. The molecular formula is C26H26Cl2N4O4. The van der Waals surface area contributed by atoms with E-state index in [4.69, 9.17) is 32.7 Å². The molecule has 3 rings (SSSR count). The van der Waals surface area contributed by atoms with E-state index in [1.807, 2.05) is 35.2 Å².